The highest BCUT2D eigenvalue weighted by atomic mass is 32.1. The maximum atomic E-state index is 5.82. The number of likely N-dealkylation sites (tertiary alicyclic amines) is 1. The predicted octanol–water partition coefficient (Wildman–Crippen LogP) is 4.05. The summed E-state index contributed by atoms with van der Waals surface area (Å²) in [5, 5.41) is 9.19. The fourth-order valence-electron chi connectivity index (χ4n) is 4.43. The van der Waals surface area contributed by atoms with E-state index in [0.29, 0.717) is 31.7 Å². The second kappa shape index (κ2) is 10.9. The minimum Gasteiger partial charge on any atom is -0.490 e. The number of ether oxygens (including phenoxy) is 2. The van der Waals surface area contributed by atoms with Crippen LogP contribution in [0.2, 0.25) is 0 Å². The fraction of sp³-hybridized carbons (Fsp3) is 0.542. The van der Waals surface area contributed by atoms with Gasteiger partial charge < -0.3 is 20.1 Å². The van der Waals surface area contributed by atoms with Crippen LogP contribution in [-0.2, 0) is 6.54 Å². The Hall–Kier alpha value is -2.25. The highest BCUT2D eigenvalue weighted by Crippen LogP contribution is 2.36. The molecule has 0 saturated carbocycles. The van der Waals surface area contributed by atoms with E-state index in [9.17, 15) is 0 Å². The first-order chi connectivity index (χ1) is 15.2. The van der Waals surface area contributed by atoms with Crippen molar-refractivity contribution >= 4 is 17.3 Å². The van der Waals surface area contributed by atoms with Gasteiger partial charge in [0.05, 0.1) is 19.8 Å². The molecular weight excluding hydrogens is 408 g/mol. The van der Waals surface area contributed by atoms with Crippen molar-refractivity contribution in [2.75, 3.05) is 39.9 Å². The van der Waals surface area contributed by atoms with E-state index in [1.165, 1.54) is 17.7 Å². The summed E-state index contributed by atoms with van der Waals surface area (Å²) in [6.07, 6.45) is 3.40. The number of hydrogen-bond donors (Lipinski definition) is 2. The van der Waals surface area contributed by atoms with Crippen LogP contribution >= 0.6 is 11.3 Å². The van der Waals surface area contributed by atoms with Crippen molar-refractivity contribution in [3.8, 4) is 11.5 Å². The van der Waals surface area contributed by atoms with Crippen LogP contribution in [-0.4, -0.2) is 50.8 Å². The van der Waals surface area contributed by atoms with Gasteiger partial charge in [0.1, 0.15) is 0 Å². The van der Waals surface area contributed by atoms with Gasteiger partial charge in [0.2, 0.25) is 0 Å². The molecule has 4 rings (SSSR count). The normalized spacial score (nSPS) is 22.1. The molecule has 2 aromatic rings. The molecule has 31 heavy (non-hydrogen) atoms. The third-order valence-electron chi connectivity index (χ3n) is 5.95. The molecular formula is C24H34N4O2S. The first kappa shape index (κ1) is 22.0. The third-order valence-corrected chi connectivity index (χ3v) is 6.89. The Morgan fingerprint density at radius 2 is 2.03 bits per heavy atom. The van der Waals surface area contributed by atoms with Crippen molar-refractivity contribution in [3.63, 3.8) is 0 Å². The topological polar surface area (TPSA) is 58.1 Å². The average Bonchev–Trinajstić information content (AvgIpc) is 3.20. The van der Waals surface area contributed by atoms with Crippen LogP contribution in [0.15, 0.2) is 40.7 Å². The number of piperidine rings is 1. The van der Waals surface area contributed by atoms with E-state index in [2.05, 4.69) is 59.2 Å². The monoisotopic (exact) mass is 442 g/mol. The lowest BCUT2D eigenvalue weighted by Crippen LogP contribution is -2.44. The van der Waals surface area contributed by atoms with Crippen LogP contribution in [0.25, 0.3) is 0 Å². The lowest BCUT2D eigenvalue weighted by atomic mass is 9.88. The third kappa shape index (κ3) is 5.71. The molecule has 2 aliphatic rings. The molecule has 2 atom stereocenters. The second-order valence-electron chi connectivity index (χ2n) is 8.25. The van der Waals surface area contributed by atoms with Crippen LogP contribution in [0.4, 0.5) is 0 Å². The Kier molecular flexibility index (Phi) is 7.70. The summed E-state index contributed by atoms with van der Waals surface area (Å²) in [6.45, 7) is 7.04. The van der Waals surface area contributed by atoms with Crippen molar-refractivity contribution in [2.24, 2.45) is 10.9 Å². The van der Waals surface area contributed by atoms with E-state index in [4.69, 9.17) is 14.5 Å². The first-order valence-corrected chi connectivity index (χ1v) is 12.3. The summed E-state index contributed by atoms with van der Waals surface area (Å²) >= 11 is 1.86. The van der Waals surface area contributed by atoms with Gasteiger partial charge in [-0.25, -0.2) is 4.99 Å². The number of hydrogen-bond acceptors (Lipinski definition) is 5. The highest BCUT2D eigenvalue weighted by Gasteiger charge is 2.31. The number of nitrogens with one attached hydrogen (secondary N) is 2. The average molecular weight is 443 g/mol. The van der Waals surface area contributed by atoms with E-state index in [1.807, 2.05) is 17.4 Å². The number of aliphatic imine (C=N–C) groups is 1. The van der Waals surface area contributed by atoms with Crippen LogP contribution in [0.1, 0.15) is 42.7 Å². The predicted molar refractivity (Wildman–Crippen MR) is 127 cm³/mol. The Balaban J connectivity index is 1.40. The first-order valence-electron chi connectivity index (χ1n) is 11.4. The van der Waals surface area contributed by atoms with Gasteiger partial charge in [0.25, 0.3) is 0 Å². The maximum absolute atomic E-state index is 5.82. The van der Waals surface area contributed by atoms with Gasteiger partial charge in [0.15, 0.2) is 17.5 Å². The minimum atomic E-state index is 0.478. The number of benzene rings is 1. The molecule has 0 aliphatic carbocycles. The van der Waals surface area contributed by atoms with Crippen LogP contribution in [0, 0.1) is 5.92 Å². The molecule has 0 radical (unpaired) electrons. The minimum absolute atomic E-state index is 0.478. The highest BCUT2D eigenvalue weighted by molar-refractivity contribution is 7.10. The van der Waals surface area contributed by atoms with Crippen LogP contribution in [0.3, 0.4) is 0 Å². The summed E-state index contributed by atoms with van der Waals surface area (Å²) in [4.78, 5) is 8.80. The fourth-order valence-corrected chi connectivity index (χ4v) is 5.41. The summed E-state index contributed by atoms with van der Waals surface area (Å²) in [5.41, 5.74) is 1.12. The lowest BCUT2D eigenvalue weighted by Gasteiger charge is -2.39. The molecule has 0 amide bonds. The largest absolute Gasteiger partial charge is 0.490 e. The molecule has 168 valence electrons. The van der Waals surface area contributed by atoms with Crippen molar-refractivity contribution in [3.05, 3.63) is 46.2 Å². The number of nitrogens with zero attached hydrogens (tertiary/aromatic N) is 2. The van der Waals surface area contributed by atoms with Crippen LogP contribution < -0.4 is 20.1 Å². The summed E-state index contributed by atoms with van der Waals surface area (Å²) in [5.74, 6) is 3.09. The molecule has 1 aromatic heterocycles. The molecule has 2 aliphatic heterocycles. The van der Waals surface area contributed by atoms with Gasteiger partial charge in [-0.1, -0.05) is 12.1 Å². The van der Waals surface area contributed by atoms with Gasteiger partial charge in [-0.15, -0.1) is 11.3 Å². The van der Waals surface area contributed by atoms with Gasteiger partial charge in [-0.05, 0) is 68.4 Å². The molecule has 1 aromatic carbocycles. The molecule has 3 heterocycles. The molecule has 2 unspecified atom stereocenters. The zero-order valence-corrected chi connectivity index (χ0v) is 19.4. The van der Waals surface area contributed by atoms with Crippen molar-refractivity contribution in [2.45, 2.75) is 38.8 Å². The van der Waals surface area contributed by atoms with Crippen molar-refractivity contribution < 1.29 is 9.47 Å². The van der Waals surface area contributed by atoms with Gasteiger partial charge in [0, 0.05) is 30.4 Å². The molecule has 0 spiro atoms. The Bertz CT molecular complexity index is 855. The van der Waals surface area contributed by atoms with Gasteiger partial charge in [-0.2, -0.15) is 0 Å². The van der Waals surface area contributed by atoms with E-state index >= 15 is 0 Å². The molecule has 1 fully saturated rings. The molecule has 6 nitrogen and oxygen atoms in total. The molecule has 2 N–H and O–H groups in total. The summed E-state index contributed by atoms with van der Waals surface area (Å²) in [6, 6.07) is 11.0. The Morgan fingerprint density at radius 1 is 1.16 bits per heavy atom. The number of thiophene rings is 1. The zero-order chi connectivity index (χ0) is 21.5. The smallest absolute Gasteiger partial charge is 0.191 e. The van der Waals surface area contributed by atoms with Gasteiger partial charge in [-0.3, -0.25) is 4.90 Å². The van der Waals surface area contributed by atoms with E-state index in [0.717, 1.165) is 49.1 Å². The quantitative estimate of drug-likeness (QED) is 0.522. The SMILES string of the molecule is CCNC(=NCc1ccc2c(c1)OCCCO2)NCC1CCCN(C)C1c1cccs1. The summed E-state index contributed by atoms with van der Waals surface area (Å²) < 4.78 is 11.6. The zero-order valence-electron chi connectivity index (χ0n) is 18.6. The molecule has 7 heteroatoms. The van der Waals surface area contributed by atoms with E-state index in [1.54, 1.807) is 0 Å². The molecule has 1 saturated heterocycles. The molecule has 0 bridgehead atoms. The van der Waals surface area contributed by atoms with Crippen LogP contribution in [0.5, 0.6) is 11.5 Å². The van der Waals surface area contributed by atoms with Gasteiger partial charge >= 0.3 is 0 Å². The maximum Gasteiger partial charge on any atom is 0.191 e. The summed E-state index contributed by atoms with van der Waals surface area (Å²) in [7, 11) is 2.25. The lowest BCUT2D eigenvalue weighted by molar-refractivity contribution is 0.125. The second-order valence-corrected chi connectivity index (χ2v) is 9.23. The van der Waals surface area contributed by atoms with E-state index < -0.39 is 0 Å². The Labute approximate surface area is 189 Å². The standard InChI is InChI=1S/C24H34N4O2S/c1-3-25-24(26-16-18-9-10-20-21(15-18)30-13-6-12-29-20)27-17-19-7-4-11-28(2)23(19)22-8-5-14-31-22/h5,8-10,14-15,19,23H,3-4,6-7,11-13,16-17H2,1-2H3,(H2,25,26,27). The number of rotatable bonds is 6. The van der Waals surface area contributed by atoms with Crippen molar-refractivity contribution in [1.29, 1.82) is 0 Å². The Morgan fingerprint density at radius 3 is 2.84 bits per heavy atom. The van der Waals surface area contributed by atoms with Crippen molar-refractivity contribution in [1.82, 2.24) is 15.5 Å². The number of guanidine groups is 1. The number of fused-ring (bicyclic) bond motifs is 1. The van der Waals surface area contributed by atoms with E-state index in [-0.39, 0.29) is 0 Å².